The van der Waals surface area contributed by atoms with E-state index in [9.17, 15) is 4.79 Å². The maximum Gasteiger partial charge on any atom is 0.297 e. The summed E-state index contributed by atoms with van der Waals surface area (Å²) in [7, 11) is 1.83. The van der Waals surface area contributed by atoms with Gasteiger partial charge in [-0.1, -0.05) is 53.5 Å². The van der Waals surface area contributed by atoms with E-state index in [2.05, 4.69) is 4.99 Å². The summed E-state index contributed by atoms with van der Waals surface area (Å²) in [6.45, 7) is 1.85. The highest BCUT2D eigenvalue weighted by molar-refractivity contribution is 6.43. The standard InChI is InChI=1S/C18H15Cl2N3O/c1-12-17(21-11-13-7-6-10-15(19)16(13)20)18(24)23(22(12)2)14-8-4-3-5-9-14/h3-11H,1-2H3. The van der Waals surface area contributed by atoms with E-state index in [0.717, 1.165) is 11.4 Å². The van der Waals surface area contributed by atoms with Gasteiger partial charge < -0.3 is 0 Å². The van der Waals surface area contributed by atoms with Gasteiger partial charge in [0, 0.05) is 18.8 Å². The Morgan fingerprint density at radius 3 is 2.46 bits per heavy atom. The topological polar surface area (TPSA) is 39.3 Å². The molecule has 0 saturated heterocycles. The molecule has 0 spiro atoms. The summed E-state index contributed by atoms with van der Waals surface area (Å²) in [4.78, 5) is 17.1. The van der Waals surface area contributed by atoms with Gasteiger partial charge in [-0.3, -0.25) is 9.48 Å². The highest BCUT2D eigenvalue weighted by atomic mass is 35.5. The number of para-hydroxylation sites is 1. The fourth-order valence-corrected chi connectivity index (χ4v) is 2.81. The quantitative estimate of drug-likeness (QED) is 0.632. The van der Waals surface area contributed by atoms with E-state index in [1.807, 2.05) is 44.3 Å². The van der Waals surface area contributed by atoms with Crippen LogP contribution < -0.4 is 5.56 Å². The highest BCUT2D eigenvalue weighted by Gasteiger charge is 2.15. The molecule has 4 nitrogen and oxygen atoms in total. The fourth-order valence-electron chi connectivity index (χ4n) is 2.46. The van der Waals surface area contributed by atoms with Crippen molar-refractivity contribution in [2.45, 2.75) is 6.92 Å². The Kier molecular flexibility index (Phi) is 4.60. The monoisotopic (exact) mass is 359 g/mol. The van der Waals surface area contributed by atoms with E-state index in [1.54, 1.807) is 33.8 Å². The van der Waals surface area contributed by atoms with E-state index in [-0.39, 0.29) is 5.56 Å². The summed E-state index contributed by atoms with van der Waals surface area (Å²) in [6.07, 6.45) is 1.56. The summed E-state index contributed by atoms with van der Waals surface area (Å²) < 4.78 is 3.37. The number of rotatable bonds is 3. The molecule has 1 heterocycles. The number of hydrogen-bond donors (Lipinski definition) is 0. The molecule has 3 aromatic rings. The molecule has 0 amide bonds. The minimum absolute atomic E-state index is 0.185. The Morgan fingerprint density at radius 1 is 1.04 bits per heavy atom. The predicted octanol–water partition coefficient (Wildman–Crippen LogP) is 4.54. The van der Waals surface area contributed by atoms with Crippen molar-refractivity contribution in [1.82, 2.24) is 9.36 Å². The number of aliphatic imine (C=N–C) groups is 1. The summed E-state index contributed by atoms with van der Waals surface area (Å²) in [6, 6.07) is 14.7. The van der Waals surface area contributed by atoms with Gasteiger partial charge in [0.2, 0.25) is 0 Å². The summed E-state index contributed by atoms with van der Waals surface area (Å²) in [5.74, 6) is 0. The zero-order valence-corrected chi connectivity index (χ0v) is 14.7. The van der Waals surface area contributed by atoms with E-state index in [1.165, 1.54) is 0 Å². The van der Waals surface area contributed by atoms with Crippen molar-refractivity contribution in [2.75, 3.05) is 0 Å². The molecule has 0 aliphatic heterocycles. The first kappa shape index (κ1) is 16.6. The van der Waals surface area contributed by atoms with Gasteiger partial charge in [0.15, 0.2) is 5.69 Å². The Bertz CT molecular complexity index is 972. The maximum absolute atomic E-state index is 12.8. The molecule has 0 radical (unpaired) electrons. The van der Waals surface area contributed by atoms with Gasteiger partial charge in [-0.2, -0.15) is 0 Å². The number of aromatic nitrogens is 2. The Morgan fingerprint density at radius 2 is 1.75 bits per heavy atom. The van der Waals surface area contributed by atoms with Crippen LogP contribution in [-0.4, -0.2) is 15.6 Å². The van der Waals surface area contributed by atoms with Crippen LogP contribution in [0.3, 0.4) is 0 Å². The lowest BCUT2D eigenvalue weighted by Crippen LogP contribution is -2.19. The smallest absolute Gasteiger partial charge is 0.283 e. The lowest BCUT2D eigenvalue weighted by Gasteiger charge is -2.07. The minimum atomic E-state index is -0.185. The average Bonchev–Trinajstić information content (AvgIpc) is 2.80. The number of nitrogens with zero attached hydrogens (tertiary/aromatic N) is 3. The van der Waals surface area contributed by atoms with Crippen LogP contribution in [0.2, 0.25) is 10.0 Å². The average molecular weight is 360 g/mol. The van der Waals surface area contributed by atoms with Crippen molar-refractivity contribution in [3.8, 4) is 5.69 Å². The van der Waals surface area contributed by atoms with Gasteiger partial charge >= 0.3 is 0 Å². The van der Waals surface area contributed by atoms with Crippen molar-refractivity contribution in [2.24, 2.45) is 12.0 Å². The molecular weight excluding hydrogens is 345 g/mol. The van der Waals surface area contributed by atoms with Gasteiger partial charge in [-0.25, -0.2) is 9.67 Å². The molecular formula is C18H15Cl2N3O. The van der Waals surface area contributed by atoms with Crippen molar-refractivity contribution < 1.29 is 0 Å². The number of hydrogen-bond acceptors (Lipinski definition) is 2. The second-order valence-electron chi connectivity index (χ2n) is 5.31. The Balaban J connectivity index is 2.09. The van der Waals surface area contributed by atoms with Crippen LogP contribution in [0.25, 0.3) is 5.69 Å². The van der Waals surface area contributed by atoms with Gasteiger partial charge in [-0.15, -0.1) is 0 Å². The van der Waals surface area contributed by atoms with Crippen LogP contribution in [0.1, 0.15) is 11.3 Å². The lowest BCUT2D eigenvalue weighted by molar-refractivity contribution is 0.630. The van der Waals surface area contributed by atoms with Crippen LogP contribution in [-0.2, 0) is 7.05 Å². The van der Waals surface area contributed by atoms with Gasteiger partial charge in [0.1, 0.15) is 0 Å². The predicted molar refractivity (Wildman–Crippen MR) is 99.5 cm³/mol. The van der Waals surface area contributed by atoms with E-state index < -0.39 is 0 Å². The third-order valence-electron chi connectivity index (χ3n) is 3.84. The summed E-state index contributed by atoms with van der Waals surface area (Å²) in [5.41, 5.74) is 2.40. The van der Waals surface area contributed by atoms with E-state index in [4.69, 9.17) is 23.2 Å². The normalized spacial score (nSPS) is 11.3. The maximum atomic E-state index is 12.8. The Hall–Kier alpha value is -2.30. The van der Waals surface area contributed by atoms with Crippen LogP contribution in [0.15, 0.2) is 58.3 Å². The third kappa shape index (κ3) is 2.90. The molecule has 24 heavy (non-hydrogen) atoms. The van der Waals surface area contributed by atoms with Gasteiger partial charge in [0.25, 0.3) is 5.56 Å². The van der Waals surface area contributed by atoms with Gasteiger partial charge in [-0.05, 0) is 25.1 Å². The second-order valence-corrected chi connectivity index (χ2v) is 6.10. The molecule has 1 aromatic heterocycles. The molecule has 2 aromatic carbocycles. The molecule has 0 saturated carbocycles. The molecule has 0 bridgehead atoms. The fraction of sp³-hybridized carbons (Fsp3) is 0.111. The molecule has 0 atom stereocenters. The molecule has 3 rings (SSSR count). The van der Waals surface area contributed by atoms with Crippen molar-refractivity contribution in [3.63, 3.8) is 0 Å². The molecule has 0 N–H and O–H groups in total. The van der Waals surface area contributed by atoms with Crippen molar-refractivity contribution in [1.29, 1.82) is 0 Å². The highest BCUT2D eigenvalue weighted by Crippen LogP contribution is 2.25. The first-order chi connectivity index (χ1) is 11.5. The first-order valence-electron chi connectivity index (χ1n) is 7.33. The second kappa shape index (κ2) is 6.67. The van der Waals surface area contributed by atoms with Crippen molar-refractivity contribution in [3.05, 3.63) is 80.2 Å². The zero-order valence-electron chi connectivity index (χ0n) is 13.2. The molecule has 122 valence electrons. The van der Waals surface area contributed by atoms with E-state index >= 15 is 0 Å². The number of benzene rings is 2. The van der Waals surface area contributed by atoms with Crippen LogP contribution in [0, 0.1) is 6.92 Å². The molecule has 0 fully saturated rings. The van der Waals surface area contributed by atoms with Crippen LogP contribution in [0.5, 0.6) is 0 Å². The minimum Gasteiger partial charge on any atom is -0.283 e. The molecule has 0 aliphatic carbocycles. The molecule has 6 heteroatoms. The molecule has 0 aliphatic rings. The van der Waals surface area contributed by atoms with Crippen LogP contribution >= 0.6 is 23.2 Å². The Labute approximate surface area is 149 Å². The number of halogens is 2. The zero-order chi connectivity index (χ0) is 17.3. The van der Waals surface area contributed by atoms with E-state index in [0.29, 0.717) is 21.3 Å². The van der Waals surface area contributed by atoms with Gasteiger partial charge in [0.05, 0.1) is 21.4 Å². The first-order valence-corrected chi connectivity index (χ1v) is 8.08. The third-order valence-corrected chi connectivity index (χ3v) is 4.67. The van der Waals surface area contributed by atoms with Crippen molar-refractivity contribution >= 4 is 35.1 Å². The SMILES string of the molecule is Cc1c(N=Cc2cccc(Cl)c2Cl)c(=O)n(-c2ccccc2)n1C. The summed E-state index contributed by atoms with van der Waals surface area (Å²) in [5, 5.41) is 0.868. The lowest BCUT2D eigenvalue weighted by atomic mass is 10.2. The summed E-state index contributed by atoms with van der Waals surface area (Å²) >= 11 is 12.2. The largest absolute Gasteiger partial charge is 0.297 e. The molecule has 0 unspecified atom stereocenters. The van der Waals surface area contributed by atoms with Crippen LogP contribution in [0.4, 0.5) is 5.69 Å².